The van der Waals surface area contributed by atoms with Crippen molar-refractivity contribution in [2.24, 2.45) is 0 Å². The number of aryl methyl sites for hydroxylation is 1. The number of pyridine rings is 1. The van der Waals surface area contributed by atoms with Crippen LogP contribution in [0.4, 0.5) is 5.69 Å². The molecule has 0 aliphatic carbocycles. The lowest BCUT2D eigenvalue weighted by atomic mass is 10.1. The molecule has 0 spiro atoms. The van der Waals surface area contributed by atoms with E-state index in [1.54, 1.807) is 18.3 Å². The molecular weight excluding hydrogens is 430 g/mol. The third kappa shape index (κ3) is 4.37. The van der Waals surface area contributed by atoms with E-state index in [1.165, 1.54) is 20.1 Å². The molecule has 0 aliphatic heterocycles. The molecule has 1 aromatic carbocycles. The highest BCUT2D eigenvalue weighted by Crippen LogP contribution is 2.38. The third-order valence-corrected chi connectivity index (χ3v) is 4.40. The molecule has 0 amide bonds. The Morgan fingerprint density at radius 3 is 2.82 bits per heavy atom. The van der Waals surface area contributed by atoms with Crippen LogP contribution in [0.1, 0.15) is 22.7 Å². The first kappa shape index (κ1) is 19.6. The summed E-state index contributed by atoms with van der Waals surface area (Å²) < 4.78 is 17.0. The van der Waals surface area contributed by atoms with Crippen molar-refractivity contribution in [3.8, 4) is 11.5 Å². The molecular formula is C19H16BrN3O5. The highest BCUT2D eigenvalue weighted by atomic mass is 79.9. The second kappa shape index (κ2) is 8.66. The number of methoxy groups -OCH3 is 1. The molecule has 0 atom stereocenters. The molecule has 0 unspecified atom stereocenters. The number of hydrogen-bond donors (Lipinski definition) is 0. The van der Waals surface area contributed by atoms with Crippen LogP contribution in [-0.2, 0) is 6.61 Å². The summed E-state index contributed by atoms with van der Waals surface area (Å²) >= 11 is 3.48. The van der Waals surface area contributed by atoms with Crippen LogP contribution >= 0.6 is 15.9 Å². The topological polar surface area (TPSA) is 101 Å². The summed E-state index contributed by atoms with van der Waals surface area (Å²) in [5.74, 6) is 1.12. The fraction of sp³-hybridized carbons (Fsp3) is 0.158. The SMILES string of the molecule is COc1cc(C=Cc2onc(C)c2[N+](=O)[O-])cc(Br)c1OCc1ccccn1. The van der Waals surface area contributed by atoms with Crippen LogP contribution in [0.3, 0.4) is 0 Å². The van der Waals surface area contributed by atoms with Crippen LogP contribution in [-0.4, -0.2) is 22.2 Å². The Balaban J connectivity index is 1.84. The molecule has 0 radical (unpaired) electrons. The zero-order valence-electron chi connectivity index (χ0n) is 15.1. The van der Waals surface area contributed by atoms with Crippen LogP contribution in [0.2, 0.25) is 0 Å². The van der Waals surface area contributed by atoms with E-state index < -0.39 is 4.92 Å². The highest BCUT2D eigenvalue weighted by Gasteiger charge is 2.22. The van der Waals surface area contributed by atoms with E-state index in [1.807, 2.05) is 24.3 Å². The summed E-state index contributed by atoms with van der Waals surface area (Å²) in [5.41, 5.74) is 1.59. The van der Waals surface area contributed by atoms with Gasteiger partial charge >= 0.3 is 5.69 Å². The van der Waals surface area contributed by atoms with Gasteiger partial charge in [-0.15, -0.1) is 0 Å². The third-order valence-electron chi connectivity index (χ3n) is 3.81. The molecule has 0 bridgehead atoms. The van der Waals surface area contributed by atoms with Gasteiger partial charge in [0.1, 0.15) is 6.61 Å². The van der Waals surface area contributed by atoms with Crippen LogP contribution < -0.4 is 9.47 Å². The molecule has 0 fully saturated rings. The molecule has 0 saturated carbocycles. The van der Waals surface area contributed by atoms with Crippen molar-refractivity contribution in [1.82, 2.24) is 10.1 Å². The van der Waals surface area contributed by atoms with Gasteiger partial charge in [0.25, 0.3) is 0 Å². The predicted octanol–water partition coefficient (Wildman–Crippen LogP) is 4.81. The van der Waals surface area contributed by atoms with E-state index in [0.717, 1.165) is 11.3 Å². The molecule has 0 aliphatic rings. The lowest BCUT2D eigenvalue weighted by Crippen LogP contribution is -2.00. The Kier molecular flexibility index (Phi) is 6.05. The quantitative estimate of drug-likeness (QED) is 0.379. The van der Waals surface area contributed by atoms with Gasteiger partial charge in [-0.05, 0) is 58.8 Å². The van der Waals surface area contributed by atoms with E-state index in [0.29, 0.717) is 16.0 Å². The molecule has 2 heterocycles. The standard InChI is InChI=1S/C19H16BrN3O5/c1-12-18(23(24)25)16(28-22-12)7-6-13-9-15(20)19(17(10-13)26-2)27-11-14-5-3-4-8-21-14/h3-10H,11H2,1-2H3. The number of nitrogens with zero attached hydrogens (tertiary/aromatic N) is 3. The minimum atomic E-state index is -0.517. The zero-order chi connectivity index (χ0) is 20.1. The first-order valence-corrected chi connectivity index (χ1v) is 8.98. The Bertz CT molecular complexity index is 1020. The fourth-order valence-electron chi connectivity index (χ4n) is 2.49. The fourth-order valence-corrected chi connectivity index (χ4v) is 3.07. The highest BCUT2D eigenvalue weighted by molar-refractivity contribution is 9.10. The lowest BCUT2D eigenvalue weighted by molar-refractivity contribution is -0.386. The van der Waals surface area contributed by atoms with E-state index in [4.69, 9.17) is 14.0 Å². The monoisotopic (exact) mass is 445 g/mol. The second-order valence-electron chi connectivity index (χ2n) is 5.72. The largest absolute Gasteiger partial charge is 0.493 e. The van der Waals surface area contributed by atoms with E-state index >= 15 is 0 Å². The number of nitro groups is 1. The molecule has 8 nitrogen and oxygen atoms in total. The van der Waals surface area contributed by atoms with Crippen molar-refractivity contribution in [3.63, 3.8) is 0 Å². The molecule has 2 aromatic heterocycles. The maximum atomic E-state index is 11.1. The van der Waals surface area contributed by atoms with Crippen molar-refractivity contribution in [1.29, 1.82) is 0 Å². The van der Waals surface area contributed by atoms with Gasteiger partial charge in [0, 0.05) is 6.20 Å². The minimum Gasteiger partial charge on any atom is -0.493 e. The van der Waals surface area contributed by atoms with Gasteiger partial charge < -0.3 is 14.0 Å². The van der Waals surface area contributed by atoms with Gasteiger partial charge in [0.05, 0.1) is 22.2 Å². The van der Waals surface area contributed by atoms with Crippen molar-refractivity contribution in [3.05, 3.63) is 73.8 Å². The molecule has 28 heavy (non-hydrogen) atoms. The summed E-state index contributed by atoms with van der Waals surface area (Å²) in [6.07, 6.45) is 4.86. The zero-order valence-corrected chi connectivity index (χ0v) is 16.7. The Morgan fingerprint density at radius 1 is 1.32 bits per heavy atom. The van der Waals surface area contributed by atoms with Crippen LogP contribution in [0.5, 0.6) is 11.5 Å². The average molecular weight is 446 g/mol. The maximum absolute atomic E-state index is 11.1. The smallest absolute Gasteiger partial charge is 0.338 e. The van der Waals surface area contributed by atoms with Gasteiger partial charge in [-0.1, -0.05) is 17.3 Å². The van der Waals surface area contributed by atoms with Gasteiger partial charge in [-0.3, -0.25) is 15.1 Å². The van der Waals surface area contributed by atoms with Crippen LogP contribution in [0.15, 0.2) is 45.5 Å². The number of ether oxygens (including phenoxy) is 2. The summed E-state index contributed by atoms with van der Waals surface area (Å²) in [7, 11) is 1.54. The second-order valence-corrected chi connectivity index (χ2v) is 6.57. The number of rotatable bonds is 7. The number of halogens is 1. The molecule has 0 N–H and O–H groups in total. The van der Waals surface area contributed by atoms with Crippen molar-refractivity contribution in [2.75, 3.05) is 7.11 Å². The maximum Gasteiger partial charge on any atom is 0.338 e. The summed E-state index contributed by atoms with van der Waals surface area (Å²) in [6, 6.07) is 9.15. The first-order chi connectivity index (χ1) is 13.5. The number of hydrogen-bond acceptors (Lipinski definition) is 7. The van der Waals surface area contributed by atoms with E-state index in [-0.39, 0.29) is 23.7 Å². The van der Waals surface area contributed by atoms with Gasteiger partial charge in [0.2, 0.25) is 5.76 Å². The van der Waals surface area contributed by atoms with Crippen molar-refractivity contribution < 1.29 is 18.9 Å². The predicted molar refractivity (Wildman–Crippen MR) is 106 cm³/mol. The first-order valence-electron chi connectivity index (χ1n) is 8.18. The van der Waals surface area contributed by atoms with Crippen LogP contribution in [0, 0.1) is 17.0 Å². The van der Waals surface area contributed by atoms with Gasteiger partial charge in [0.15, 0.2) is 17.2 Å². The number of benzene rings is 1. The lowest BCUT2D eigenvalue weighted by Gasteiger charge is -2.13. The van der Waals surface area contributed by atoms with Crippen molar-refractivity contribution in [2.45, 2.75) is 13.5 Å². The average Bonchev–Trinajstić information content (AvgIpc) is 3.06. The van der Waals surface area contributed by atoms with Crippen LogP contribution in [0.25, 0.3) is 12.2 Å². The van der Waals surface area contributed by atoms with E-state index in [9.17, 15) is 10.1 Å². The Hall–Kier alpha value is -3.20. The molecule has 9 heteroatoms. The number of aromatic nitrogens is 2. The van der Waals surface area contributed by atoms with E-state index in [2.05, 4.69) is 26.1 Å². The minimum absolute atomic E-state index is 0.0769. The normalized spacial score (nSPS) is 11.0. The Morgan fingerprint density at radius 2 is 2.14 bits per heavy atom. The Labute approximate surface area is 169 Å². The van der Waals surface area contributed by atoms with Gasteiger partial charge in [-0.25, -0.2) is 0 Å². The van der Waals surface area contributed by atoms with Crippen molar-refractivity contribution >= 4 is 33.8 Å². The summed E-state index contributed by atoms with van der Waals surface area (Å²) in [4.78, 5) is 14.8. The van der Waals surface area contributed by atoms with Gasteiger partial charge in [-0.2, -0.15) is 0 Å². The molecule has 3 rings (SSSR count). The molecule has 144 valence electrons. The molecule has 0 saturated heterocycles. The summed E-state index contributed by atoms with van der Waals surface area (Å²) in [5, 5.41) is 14.8. The summed E-state index contributed by atoms with van der Waals surface area (Å²) in [6.45, 7) is 1.81. The molecule has 3 aromatic rings.